The average molecular weight is 437 g/mol. The van der Waals surface area contributed by atoms with E-state index in [4.69, 9.17) is 11.6 Å². The van der Waals surface area contributed by atoms with Gasteiger partial charge in [-0.05, 0) is 48.7 Å². The number of halogens is 2. The molecular formula is C22H26ClFN2O2S. The van der Waals surface area contributed by atoms with Crippen LogP contribution >= 0.6 is 23.4 Å². The Labute approximate surface area is 180 Å². The lowest BCUT2D eigenvalue weighted by Gasteiger charge is -2.28. The lowest BCUT2D eigenvalue weighted by Crippen LogP contribution is -2.48. The van der Waals surface area contributed by atoms with Crippen molar-refractivity contribution in [3.05, 3.63) is 70.5 Å². The maximum atomic E-state index is 13.2. The van der Waals surface area contributed by atoms with Crippen LogP contribution in [0.5, 0.6) is 0 Å². The van der Waals surface area contributed by atoms with E-state index in [9.17, 15) is 14.0 Å². The zero-order chi connectivity index (χ0) is 21.2. The molecule has 7 heteroatoms. The predicted molar refractivity (Wildman–Crippen MR) is 117 cm³/mol. The molecule has 29 heavy (non-hydrogen) atoms. The SMILES string of the molecule is CCCNC(=O)[C@H](C)N(Cc1ccc(F)cc1)C(=O)CSCc1ccc(Cl)cc1. The van der Waals surface area contributed by atoms with Crippen molar-refractivity contribution in [2.24, 2.45) is 0 Å². The summed E-state index contributed by atoms with van der Waals surface area (Å²) in [5.74, 6) is 0.259. The van der Waals surface area contributed by atoms with E-state index in [1.807, 2.05) is 31.2 Å². The normalized spacial score (nSPS) is 11.7. The van der Waals surface area contributed by atoms with E-state index >= 15 is 0 Å². The van der Waals surface area contributed by atoms with Crippen molar-refractivity contribution in [3.8, 4) is 0 Å². The maximum Gasteiger partial charge on any atom is 0.242 e. The highest BCUT2D eigenvalue weighted by atomic mass is 35.5. The van der Waals surface area contributed by atoms with Crippen LogP contribution in [0.15, 0.2) is 48.5 Å². The van der Waals surface area contributed by atoms with Gasteiger partial charge in [0.05, 0.1) is 5.75 Å². The first-order chi connectivity index (χ1) is 13.9. The summed E-state index contributed by atoms with van der Waals surface area (Å²) in [6, 6.07) is 12.9. The molecule has 0 radical (unpaired) electrons. The quantitative estimate of drug-likeness (QED) is 0.589. The minimum Gasteiger partial charge on any atom is -0.354 e. The maximum absolute atomic E-state index is 13.2. The smallest absolute Gasteiger partial charge is 0.242 e. The molecule has 1 N–H and O–H groups in total. The summed E-state index contributed by atoms with van der Waals surface area (Å²) in [6.07, 6.45) is 0.821. The van der Waals surface area contributed by atoms with Crippen molar-refractivity contribution >= 4 is 35.2 Å². The minimum atomic E-state index is -0.616. The first-order valence-corrected chi connectivity index (χ1v) is 11.1. The number of benzene rings is 2. The number of nitrogens with one attached hydrogen (secondary N) is 1. The van der Waals surface area contributed by atoms with E-state index < -0.39 is 6.04 Å². The third-order valence-corrected chi connectivity index (χ3v) is 5.63. The zero-order valence-electron chi connectivity index (χ0n) is 16.7. The van der Waals surface area contributed by atoms with Gasteiger partial charge in [0.15, 0.2) is 0 Å². The van der Waals surface area contributed by atoms with E-state index in [0.29, 0.717) is 17.3 Å². The molecule has 0 bridgehead atoms. The first-order valence-electron chi connectivity index (χ1n) is 9.54. The summed E-state index contributed by atoms with van der Waals surface area (Å²) < 4.78 is 13.2. The second kappa shape index (κ2) is 11.8. The number of hydrogen-bond donors (Lipinski definition) is 1. The molecule has 0 fully saturated rings. The molecule has 4 nitrogen and oxygen atoms in total. The van der Waals surface area contributed by atoms with Crippen LogP contribution in [-0.4, -0.2) is 35.1 Å². The van der Waals surface area contributed by atoms with Crippen LogP contribution in [0.25, 0.3) is 0 Å². The Morgan fingerprint density at radius 3 is 2.34 bits per heavy atom. The predicted octanol–water partition coefficient (Wildman–Crippen LogP) is 4.66. The van der Waals surface area contributed by atoms with Crippen LogP contribution in [-0.2, 0) is 21.9 Å². The molecule has 0 saturated heterocycles. The molecule has 0 heterocycles. The van der Waals surface area contributed by atoms with E-state index in [-0.39, 0.29) is 29.9 Å². The molecule has 2 aromatic carbocycles. The van der Waals surface area contributed by atoms with Crippen molar-refractivity contribution in [1.82, 2.24) is 10.2 Å². The zero-order valence-corrected chi connectivity index (χ0v) is 18.2. The summed E-state index contributed by atoms with van der Waals surface area (Å²) in [4.78, 5) is 26.9. The van der Waals surface area contributed by atoms with Crippen LogP contribution in [0.1, 0.15) is 31.4 Å². The lowest BCUT2D eigenvalue weighted by atomic mass is 10.1. The number of hydrogen-bond acceptors (Lipinski definition) is 3. The largest absolute Gasteiger partial charge is 0.354 e. The second-order valence-electron chi connectivity index (χ2n) is 6.73. The summed E-state index contributed by atoms with van der Waals surface area (Å²) in [5, 5.41) is 3.51. The standard InChI is InChI=1S/C22H26ClFN2O2S/c1-3-12-25-22(28)16(2)26(13-17-6-10-20(24)11-7-17)21(27)15-29-14-18-4-8-19(23)9-5-18/h4-11,16H,3,12-15H2,1-2H3,(H,25,28)/t16-/m0/s1. The van der Waals surface area contributed by atoms with Crippen LogP contribution < -0.4 is 5.32 Å². The van der Waals surface area contributed by atoms with Gasteiger partial charge in [-0.25, -0.2) is 4.39 Å². The van der Waals surface area contributed by atoms with Crippen molar-refractivity contribution < 1.29 is 14.0 Å². The van der Waals surface area contributed by atoms with Gasteiger partial charge < -0.3 is 10.2 Å². The molecule has 156 valence electrons. The highest BCUT2D eigenvalue weighted by molar-refractivity contribution is 7.99. The van der Waals surface area contributed by atoms with Crippen LogP contribution in [0.4, 0.5) is 4.39 Å². The molecule has 0 aliphatic heterocycles. The molecule has 0 spiro atoms. The molecular weight excluding hydrogens is 411 g/mol. The molecule has 0 aliphatic carbocycles. The van der Waals surface area contributed by atoms with Gasteiger partial charge in [-0.15, -0.1) is 11.8 Å². The van der Waals surface area contributed by atoms with Gasteiger partial charge in [0, 0.05) is 23.9 Å². The molecule has 2 aromatic rings. The number of nitrogens with zero attached hydrogens (tertiary/aromatic N) is 1. The average Bonchev–Trinajstić information content (AvgIpc) is 2.72. The Bertz CT molecular complexity index is 799. The fourth-order valence-corrected chi connectivity index (χ4v) is 3.68. The molecule has 0 unspecified atom stereocenters. The third-order valence-electron chi connectivity index (χ3n) is 4.39. The van der Waals surface area contributed by atoms with Crippen LogP contribution in [0, 0.1) is 5.82 Å². The molecule has 2 amide bonds. The Kier molecular flexibility index (Phi) is 9.48. The molecule has 0 aromatic heterocycles. The summed E-state index contributed by atoms with van der Waals surface area (Å²) in [5.41, 5.74) is 1.85. The van der Waals surface area contributed by atoms with Gasteiger partial charge in [0.2, 0.25) is 11.8 Å². The number of carbonyl (C=O) groups is 2. The number of amides is 2. The topological polar surface area (TPSA) is 49.4 Å². The van der Waals surface area contributed by atoms with E-state index in [0.717, 1.165) is 17.5 Å². The van der Waals surface area contributed by atoms with Gasteiger partial charge in [0.25, 0.3) is 0 Å². The van der Waals surface area contributed by atoms with E-state index in [1.54, 1.807) is 24.0 Å². The summed E-state index contributed by atoms with van der Waals surface area (Å²) >= 11 is 7.38. The van der Waals surface area contributed by atoms with Gasteiger partial charge in [0.1, 0.15) is 11.9 Å². The number of carbonyl (C=O) groups excluding carboxylic acids is 2. The lowest BCUT2D eigenvalue weighted by molar-refractivity contribution is -0.138. The van der Waals surface area contributed by atoms with Gasteiger partial charge in [-0.2, -0.15) is 0 Å². The fraction of sp³-hybridized carbons (Fsp3) is 0.364. The Morgan fingerprint density at radius 2 is 1.72 bits per heavy atom. The molecule has 1 atom stereocenters. The molecule has 0 aliphatic rings. The highest BCUT2D eigenvalue weighted by Gasteiger charge is 2.25. The Morgan fingerprint density at radius 1 is 1.10 bits per heavy atom. The Balaban J connectivity index is 2.03. The molecule has 2 rings (SSSR count). The minimum absolute atomic E-state index is 0.132. The van der Waals surface area contributed by atoms with Crippen molar-refractivity contribution in [2.45, 2.75) is 38.6 Å². The summed E-state index contributed by atoms with van der Waals surface area (Å²) in [7, 11) is 0. The van der Waals surface area contributed by atoms with Crippen LogP contribution in [0.3, 0.4) is 0 Å². The van der Waals surface area contributed by atoms with E-state index in [1.165, 1.54) is 23.9 Å². The van der Waals surface area contributed by atoms with Crippen LogP contribution in [0.2, 0.25) is 5.02 Å². The van der Waals surface area contributed by atoms with E-state index in [2.05, 4.69) is 5.32 Å². The van der Waals surface area contributed by atoms with Crippen molar-refractivity contribution in [1.29, 1.82) is 0 Å². The van der Waals surface area contributed by atoms with Crippen molar-refractivity contribution in [3.63, 3.8) is 0 Å². The van der Waals surface area contributed by atoms with Gasteiger partial charge >= 0.3 is 0 Å². The van der Waals surface area contributed by atoms with Crippen molar-refractivity contribution in [2.75, 3.05) is 12.3 Å². The number of thioether (sulfide) groups is 1. The number of rotatable bonds is 10. The second-order valence-corrected chi connectivity index (χ2v) is 8.16. The van der Waals surface area contributed by atoms with Gasteiger partial charge in [-0.1, -0.05) is 42.8 Å². The summed E-state index contributed by atoms with van der Waals surface area (Å²) in [6.45, 7) is 4.50. The highest BCUT2D eigenvalue weighted by Crippen LogP contribution is 2.18. The Hall–Kier alpha value is -2.05. The third kappa shape index (κ3) is 7.71. The molecule has 0 saturated carbocycles. The monoisotopic (exact) mass is 436 g/mol. The van der Waals surface area contributed by atoms with Gasteiger partial charge in [-0.3, -0.25) is 9.59 Å². The fourth-order valence-electron chi connectivity index (χ4n) is 2.68. The first kappa shape index (κ1) is 23.2.